The van der Waals surface area contributed by atoms with Gasteiger partial charge in [-0.25, -0.2) is 8.42 Å². The molecular weight excluding hydrogens is 635 g/mol. The minimum absolute atomic E-state index is 0.0113. The maximum atomic E-state index is 14.0. The minimum Gasteiger partial charge on any atom is -0.352 e. The van der Waals surface area contributed by atoms with Crippen molar-refractivity contribution in [2.45, 2.75) is 62.3 Å². The molecule has 3 aromatic rings. The Kier molecular flexibility index (Phi) is 9.98. The summed E-state index contributed by atoms with van der Waals surface area (Å²) in [6, 6.07) is 17.1. The van der Waals surface area contributed by atoms with Crippen molar-refractivity contribution >= 4 is 43.5 Å². The van der Waals surface area contributed by atoms with Crippen molar-refractivity contribution < 1.29 is 31.2 Å². The number of amides is 2. The smallest absolute Gasteiger partial charge is 0.352 e. The molecule has 1 unspecified atom stereocenters. The van der Waals surface area contributed by atoms with Gasteiger partial charge in [0.15, 0.2) is 0 Å². The average molecular weight is 667 g/mol. The van der Waals surface area contributed by atoms with Crippen molar-refractivity contribution in [1.82, 2.24) is 10.2 Å². The maximum Gasteiger partial charge on any atom is 0.416 e. The van der Waals surface area contributed by atoms with E-state index in [1.165, 1.54) is 35.2 Å². The zero-order valence-corrected chi connectivity index (χ0v) is 25.3. The van der Waals surface area contributed by atoms with E-state index in [-0.39, 0.29) is 29.1 Å². The van der Waals surface area contributed by atoms with Crippen molar-refractivity contribution in [2.75, 3.05) is 10.8 Å². The Hall–Kier alpha value is -3.38. The van der Waals surface area contributed by atoms with Crippen LogP contribution in [-0.2, 0) is 32.3 Å². The number of sulfonamides is 1. The number of halogens is 4. The summed E-state index contributed by atoms with van der Waals surface area (Å²) in [5.74, 6) is -1.14. The average Bonchev–Trinajstić information content (AvgIpc) is 3.47. The van der Waals surface area contributed by atoms with E-state index >= 15 is 0 Å². The summed E-state index contributed by atoms with van der Waals surface area (Å²) in [7, 11) is -4.48. The first-order valence-corrected chi connectivity index (χ1v) is 15.7. The fraction of sp³-hybridized carbons (Fsp3) is 0.333. The first-order valence-electron chi connectivity index (χ1n) is 13.5. The number of rotatable bonds is 10. The van der Waals surface area contributed by atoms with Crippen LogP contribution < -0.4 is 9.62 Å². The van der Waals surface area contributed by atoms with Gasteiger partial charge < -0.3 is 10.2 Å². The Balaban J connectivity index is 1.72. The number of nitrogens with zero attached hydrogens (tertiary/aromatic N) is 2. The molecule has 1 N–H and O–H groups in total. The second kappa shape index (κ2) is 13.3. The molecule has 0 radical (unpaired) electrons. The van der Waals surface area contributed by atoms with E-state index in [9.17, 15) is 31.2 Å². The van der Waals surface area contributed by atoms with Crippen molar-refractivity contribution in [1.29, 1.82) is 0 Å². The van der Waals surface area contributed by atoms with E-state index in [1.807, 2.05) is 0 Å². The van der Waals surface area contributed by atoms with Crippen molar-refractivity contribution in [3.05, 3.63) is 94.5 Å². The van der Waals surface area contributed by atoms with Gasteiger partial charge in [-0.2, -0.15) is 13.2 Å². The van der Waals surface area contributed by atoms with Gasteiger partial charge in [0, 0.05) is 17.1 Å². The lowest BCUT2D eigenvalue weighted by Crippen LogP contribution is -2.52. The molecule has 1 aliphatic carbocycles. The molecule has 3 aromatic carbocycles. The molecule has 7 nitrogen and oxygen atoms in total. The highest BCUT2D eigenvalue weighted by Gasteiger charge is 2.35. The third kappa shape index (κ3) is 7.71. The first-order chi connectivity index (χ1) is 19.9. The Morgan fingerprint density at radius 1 is 0.976 bits per heavy atom. The standard InChI is InChI=1S/C30H31BrF3N3O4S/c1-21(29(39)35-25-12-5-6-13-25)36(19-22-9-7-11-24(31)17-22)28(38)20-37(42(40,41)27-15-3-2-4-16-27)26-14-8-10-23(18-26)30(32,33)34/h2-4,7-11,14-18,21,25H,5-6,12-13,19-20H2,1H3,(H,35,39). The number of nitrogens with one attached hydrogen (secondary N) is 1. The van der Waals surface area contributed by atoms with Crippen LogP contribution in [0.3, 0.4) is 0 Å². The number of anilines is 1. The van der Waals surface area contributed by atoms with Gasteiger partial charge in [0.25, 0.3) is 10.0 Å². The molecule has 1 aliphatic rings. The van der Waals surface area contributed by atoms with E-state index in [0.29, 0.717) is 15.9 Å². The van der Waals surface area contributed by atoms with Crippen LogP contribution in [0.1, 0.15) is 43.7 Å². The summed E-state index contributed by atoms with van der Waals surface area (Å²) in [6.45, 7) is 0.702. The third-order valence-electron chi connectivity index (χ3n) is 7.18. The zero-order valence-electron chi connectivity index (χ0n) is 22.9. The third-order valence-corrected chi connectivity index (χ3v) is 9.46. The summed E-state index contributed by atoms with van der Waals surface area (Å²) < 4.78 is 69.7. The quantitative estimate of drug-likeness (QED) is 0.282. The van der Waals surface area contributed by atoms with Gasteiger partial charge >= 0.3 is 6.18 Å². The van der Waals surface area contributed by atoms with Gasteiger partial charge in [0.1, 0.15) is 12.6 Å². The number of alkyl halides is 3. The molecule has 42 heavy (non-hydrogen) atoms. The Labute approximate surface area is 251 Å². The lowest BCUT2D eigenvalue weighted by molar-refractivity contribution is -0.139. The number of carbonyl (C=O) groups excluding carboxylic acids is 2. The van der Waals surface area contributed by atoms with Gasteiger partial charge in [-0.15, -0.1) is 0 Å². The molecule has 0 aromatic heterocycles. The van der Waals surface area contributed by atoms with Crippen LogP contribution in [0.25, 0.3) is 0 Å². The van der Waals surface area contributed by atoms with Gasteiger partial charge in [0.2, 0.25) is 11.8 Å². The molecule has 1 atom stereocenters. The van der Waals surface area contributed by atoms with Crippen molar-refractivity contribution in [3.8, 4) is 0 Å². The fourth-order valence-electron chi connectivity index (χ4n) is 4.89. The lowest BCUT2D eigenvalue weighted by atomic mass is 10.1. The number of carbonyl (C=O) groups is 2. The SMILES string of the molecule is CC(C(=O)NC1CCCC1)N(Cc1cccc(Br)c1)C(=O)CN(c1cccc(C(F)(F)F)c1)S(=O)(=O)c1ccccc1. The molecule has 4 rings (SSSR count). The fourth-order valence-corrected chi connectivity index (χ4v) is 6.77. The summed E-state index contributed by atoms with van der Waals surface area (Å²) in [4.78, 5) is 28.3. The van der Waals surface area contributed by atoms with E-state index < -0.39 is 40.3 Å². The summed E-state index contributed by atoms with van der Waals surface area (Å²) in [6.07, 6.45) is -1.10. The van der Waals surface area contributed by atoms with Gasteiger partial charge in [-0.3, -0.25) is 13.9 Å². The largest absolute Gasteiger partial charge is 0.416 e. The lowest BCUT2D eigenvalue weighted by Gasteiger charge is -2.32. The second-order valence-electron chi connectivity index (χ2n) is 10.2. The summed E-state index contributed by atoms with van der Waals surface area (Å²) >= 11 is 3.40. The molecule has 0 bridgehead atoms. The zero-order chi connectivity index (χ0) is 30.5. The topological polar surface area (TPSA) is 86.8 Å². The molecule has 1 fully saturated rings. The van der Waals surface area contributed by atoms with Crippen LogP contribution in [0.4, 0.5) is 18.9 Å². The molecule has 0 aliphatic heterocycles. The summed E-state index contributed by atoms with van der Waals surface area (Å²) in [5.41, 5.74) is -0.710. The van der Waals surface area contributed by atoms with E-state index in [0.717, 1.165) is 42.3 Å². The molecular formula is C30H31BrF3N3O4S. The van der Waals surface area contributed by atoms with Crippen molar-refractivity contribution in [2.24, 2.45) is 0 Å². The highest BCUT2D eigenvalue weighted by molar-refractivity contribution is 9.10. The predicted octanol–water partition coefficient (Wildman–Crippen LogP) is 6.14. The van der Waals surface area contributed by atoms with Crippen LogP contribution in [0.15, 0.2) is 88.2 Å². The van der Waals surface area contributed by atoms with Crippen LogP contribution in [0.2, 0.25) is 0 Å². The monoisotopic (exact) mass is 665 g/mol. The van der Waals surface area contributed by atoms with Gasteiger partial charge in [-0.05, 0) is 67.8 Å². The van der Waals surface area contributed by atoms with Crippen LogP contribution in [0, 0.1) is 0 Å². The number of benzene rings is 3. The predicted molar refractivity (Wildman–Crippen MR) is 157 cm³/mol. The number of hydrogen-bond donors (Lipinski definition) is 1. The minimum atomic E-state index is -4.73. The van der Waals surface area contributed by atoms with Gasteiger partial charge in [-0.1, -0.05) is 65.2 Å². The van der Waals surface area contributed by atoms with E-state index in [2.05, 4.69) is 21.2 Å². The molecule has 2 amide bonds. The molecule has 1 saturated carbocycles. The molecule has 0 heterocycles. The van der Waals surface area contributed by atoms with Crippen molar-refractivity contribution in [3.63, 3.8) is 0 Å². The Morgan fingerprint density at radius 2 is 1.64 bits per heavy atom. The van der Waals surface area contributed by atoms with Gasteiger partial charge in [0.05, 0.1) is 16.1 Å². The summed E-state index contributed by atoms with van der Waals surface area (Å²) in [5, 5.41) is 2.98. The molecule has 0 spiro atoms. The Bertz CT molecular complexity index is 1510. The van der Waals surface area contributed by atoms with E-state index in [1.54, 1.807) is 37.3 Å². The van der Waals surface area contributed by atoms with Crippen LogP contribution in [0.5, 0.6) is 0 Å². The highest BCUT2D eigenvalue weighted by Crippen LogP contribution is 2.33. The number of hydrogen-bond acceptors (Lipinski definition) is 4. The molecule has 0 saturated heterocycles. The second-order valence-corrected chi connectivity index (χ2v) is 13.0. The Morgan fingerprint density at radius 3 is 2.29 bits per heavy atom. The highest BCUT2D eigenvalue weighted by atomic mass is 79.9. The van der Waals surface area contributed by atoms with Crippen LogP contribution >= 0.6 is 15.9 Å². The first kappa shape index (κ1) is 31.6. The molecule has 224 valence electrons. The normalized spacial score (nSPS) is 14.8. The maximum absolute atomic E-state index is 14.0. The molecule has 12 heteroatoms. The van der Waals surface area contributed by atoms with Crippen LogP contribution in [-0.4, -0.2) is 43.8 Å². The van der Waals surface area contributed by atoms with E-state index in [4.69, 9.17) is 0 Å².